The van der Waals surface area contributed by atoms with Gasteiger partial charge in [0, 0.05) is 37.3 Å². The number of aromatic nitrogens is 1. The largest absolute Gasteiger partial charge is 0.382 e. The number of nitrogens with one attached hydrogen (secondary N) is 1. The van der Waals surface area contributed by atoms with Crippen LogP contribution < -0.4 is 10.2 Å². The molecule has 0 radical (unpaired) electrons. The number of fused-ring (bicyclic) bond motifs is 1. The number of benzene rings is 1. The average molecular weight is 231 g/mol. The van der Waals surface area contributed by atoms with Gasteiger partial charge in [-0.1, -0.05) is 0 Å². The normalized spacial score (nSPS) is 14.4. The van der Waals surface area contributed by atoms with Crippen molar-refractivity contribution in [2.45, 2.75) is 0 Å². The Kier molecular flexibility index (Phi) is 2.29. The fourth-order valence-corrected chi connectivity index (χ4v) is 2.61. The molecule has 16 heavy (non-hydrogen) atoms. The molecule has 0 saturated carbocycles. The lowest BCUT2D eigenvalue weighted by Crippen LogP contribution is -2.30. The Morgan fingerprint density at radius 1 is 1.44 bits per heavy atom. The predicted molar refractivity (Wildman–Crippen MR) is 69.3 cm³/mol. The summed E-state index contributed by atoms with van der Waals surface area (Å²) < 4.78 is 0. The molecular formula is C12H13N3S. The minimum Gasteiger partial charge on any atom is -0.382 e. The zero-order chi connectivity index (χ0) is 11.0. The first-order chi connectivity index (χ1) is 7.84. The van der Waals surface area contributed by atoms with Crippen LogP contribution >= 0.6 is 11.3 Å². The molecule has 1 N–H and O–H groups in total. The fourth-order valence-electron chi connectivity index (χ4n) is 1.97. The quantitative estimate of drug-likeness (QED) is 0.818. The van der Waals surface area contributed by atoms with E-state index in [2.05, 4.69) is 40.4 Å². The van der Waals surface area contributed by atoms with Gasteiger partial charge in [-0.05, 0) is 18.2 Å². The highest BCUT2D eigenvalue weighted by Crippen LogP contribution is 2.33. The third-order valence-electron chi connectivity index (χ3n) is 2.85. The van der Waals surface area contributed by atoms with Crippen molar-refractivity contribution in [2.75, 3.05) is 30.4 Å². The summed E-state index contributed by atoms with van der Waals surface area (Å²) in [4.78, 5) is 6.62. The highest BCUT2D eigenvalue weighted by atomic mass is 32.1. The van der Waals surface area contributed by atoms with E-state index in [0.29, 0.717) is 0 Å². The molecule has 1 aromatic heterocycles. The molecule has 3 rings (SSSR count). The fraction of sp³-hybridized carbons (Fsp3) is 0.250. The van der Waals surface area contributed by atoms with Crippen molar-refractivity contribution in [3.8, 4) is 10.6 Å². The van der Waals surface area contributed by atoms with Crippen molar-refractivity contribution < 1.29 is 0 Å². The van der Waals surface area contributed by atoms with Crippen LogP contribution in [-0.4, -0.2) is 25.1 Å². The van der Waals surface area contributed by atoms with E-state index in [4.69, 9.17) is 0 Å². The standard InChI is InChI=1S/C12H13N3S/c1-15-6-4-13-10-3-2-9(8-11(10)15)12-14-5-7-16-12/h2-3,5,7-8,13H,4,6H2,1H3. The van der Waals surface area contributed by atoms with Crippen molar-refractivity contribution in [3.05, 3.63) is 29.8 Å². The zero-order valence-electron chi connectivity index (χ0n) is 9.10. The molecule has 0 bridgehead atoms. The molecule has 0 amide bonds. The van der Waals surface area contributed by atoms with Crippen LogP contribution in [0.15, 0.2) is 29.8 Å². The molecule has 3 nitrogen and oxygen atoms in total. The summed E-state index contributed by atoms with van der Waals surface area (Å²) >= 11 is 1.68. The van der Waals surface area contributed by atoms with Gasteiger partial charge in [-0.25, -0.2) is 4.98 Å². The Labute approximate surface area is 98.7 Å². The number of nitrogens with zero attached hydrogens (tertiary/aromatic N) is 2. The van der Waals surface area contributed by atoms with Gasteiger partial charge in [0.1, 0.15) is 5.01 Å². The van der Waals surface area contributed by atoms with Gasteiger partial charge < -0.3 is 10.2 Å². The summed E-state index contributed by atoms with van der Waals surface area (Å²) in [6.45, 7) is 2.06. The van der Waals surface area contributed by atoms with Crippen molar-refractivity contribution in [1.29, 1.82) is 0 Å². The van der Waals surface area contributed by atoms with Crippen LogP contribution in [0.2, 0.25) is 0 Å². The van der Waals surface area contributed by atoms with Crippen LogP contribution in [0.25, 0.3) is 10.6 Å². The molecule has 4 heteroatoms. The second kappa shape index (κ2) is 3.79. The minimum absolute atomic E-state index is 1.01. The van der Waals surface area contributed by atoms with Crippen molar-refractivity contribution in [3.63, 3.8) is 0 Å². The number of anilines is 2. The van der Waals surface area contributed by atoms with Crippen LogP contribution in [0.3, 0.4) is 0 Å². The maximum atomic E-state index is 4.34. The monoisotopic (exact) mass is 231 g/mol. The Balaban J connectivity index is 2.07. The van der Waals surface area contributed by atoms with E-state index in [1.807, 2.05) is 11.6 Å². The highest BCUT2D eigenvalue weighted by Gasteiger charge is 2.14. The van der Waals surface area contributed by atoms with Gasteiger partial charge in [-0.15, -0.1) is 11.3 Å². The Bertz CT molecular complexity index is 493. The van der Waals surface area contributed by atoms with Crippen LogP contribution in [0, 0.1) is 0 Å². The molecule has 0 fully saturated rings. The highest BCUT2D eigenvalue weighted by molar-refractivity contribution is 7.13. The van der Waals surface area contributed by atoms with E-state index in [0.717, 1.165) is 18.1 Å². The molecule has 0 aliphatic carbocycles. The van der Waals surface area contributed by atoms with Crippen molar-refractivity contribution in [2.24, 2.45) is 0 Å². The topological polar surface area (TPSA) is 28.2 Å². The molecule has 1 aromatic carbocycles. The number of likely N-dealkylation sites (N-methyl/N-ethyl adjacent to an activating group) is 1. The third kappa shape index (κ3) is 1.55. The lowest BCUT2D eigenvalue weighted by molar-refractivity contribution is 0.887. The third-order valence-corrected chi connectivity index (χ3v) is 3.67. The van der Waals surface area contributed by atoms with Crippen LogP contribution in [0.4, 0.5) is 11.4 Å². The lowest BCUT2D eigenvalue weighted by Gasteiger charge is -2.28. The maximum absolute atomic E-state index is 4.34. The minimum atomic E-state index is 1.01. The molecule has 0 atom stereocenters. The molecule has 2 aromatic rings. The molecule has 0 unspecified atom stereocenters. The Hall–Kier alpha value is -1.55. The van der Waals surface area contributed by atoms with Crippen molar-refractivity contribution >= 4 is 22.7 Å². The number of hydrogen-bond acceptors (Lipinski definition) is 4. The molecule has 82 valence electrons. The maximum Gasteiger partial charge on any atom is 0.123 e. The summed E-state index contributed by atoms with van der Waals surface area (Å²) in [6.07, 6.45) is 1.85. The summed E-state index contributed by atoms with van der Waals surface area (Å²) in [6, 6.07) is 6.48. The van der Waals surface area contributed by atoms with E-state index in [1.165, 1.54) is 16.9 Å². The van der Waals surface area contributed by atoms with Gasteiger partial charge in [-0.2, -0.15) is 0 Å². The summed E-state index contributed by atoms with van der Waals surface area (Å²) in [7, 11) is 2.13. The van der Waals surface area contributed by atoms with E-state index in [1.54, 1.807) is 11.3 Å². The first-order valence-corrected chi connectivity index (χ1v) is 6.21. The van der Waals surface area contributed by atoms with E-state index in [9.17, 15) is 0 Å². The van der Waals surface area contributed by atoms with Crippen LogP contribution in [0.5, 0.6) is 0 Å². The number of hydrogen-bond donors (Lipinski definition) is 1. The van der Waals surface area contributed by atoms with Gasteiger partial charge in [-0.3, -0.25) is 0 Å². The second-order valence-electron chi connectivity index (χ2n) is 3.92. The van der Waals surface area contributed by atoms with Crippen LogP contribution in [-0.2, 0) is 0 Å². The average Bonchev–Trinajstić information content (AvgIpc) is 2.83. The zero-order valence-corrected chi connectivity index (χ0v) is 9.92. The SMILES string of the molecule is CN1CCNc2ccc(-c3nccs3)cc21. The summed E-state index contributed by atoms with van der Waals surface area (Å²) in [5.41, 5.74) is 3.68. The Morgan fingerprint density at radius 2 is 2.38 bits per heavy atom. The molecule has 0 saturated heterocycles. The molecular weight excluding hydrogens is 218 g/mol. The van der Waals surface area contributed by atoms with Crippen LogP contribution in [0.1, 0.15) is 0 Å². The predicted octanol–water partition coefficient (Wildman–Crippen LogP) is 2.67. The van der Waals surface area contributed by atoms with Crippen molar-refractivity contribution in [1.82, 2.24) is 4.98 Å². The smallest absolute Gasteiger partial charge is 0.123 e. The van der Waals surface area contributed by atoms with Gasteiger partial charge in [0.15, 0.2) is 0 Å². The summed E-state index contributed by atoms with van der Waals surface area (Å²) in [5, 5.41) is 6.50. The lowest BCUT2D eigenvalue weighted by atomic mass is 10.1. The van der Waals surface area contributed by atoms with E-state index in [-0.39, 0.29) is 0 Å². The molecule has 1 aliphatic rings. The number of rotatable bonds is 1. The van der Waals surface area contributed by atoms with Gasteiger partial charge in [0.2, 0.25) is 0 Å². The second-order valence-corrected chi connectivity index (χ2v) is 4.81. The molecule has 0 spiro atoms. The Morgan fingerprint density at radius 3 is 3.19 bits per heavy atom. The van der Waals surface area contributed by atoms with E-state index >= 15 is 0 Å². The van der Waals surface area contributed by atoms with Gasteiger partial charge in [0.05, 0.1) is 11.4 Å². The van der Waals surface area contributed by atoms with E-state index < -0.39 is 0 Å². The van der Waals surface area contributed by atoms with Gasteiger partial charge >= 0.3 is 0 Å². The first kappa shape index (κ1) is 9.66. The molecule has 1 aliphatic heterocycles. The number of thiazole rings is 1. The first-order valence-electron chi connectivity index (χ1n) is 5.33. The molecule has 2 heterocycles. The van der Waals surface area contributed by atoms with Gasteiger partial charge in [0.25, 0.3) is 0 Å². The summed E-state index contributed by atoms with van der Waals surface area (Å²) in [5.74, 6) is 0.